The van der Waals surface area contributed by atoms with Crippen molar-refractivity contribution in [1.82, 2.24) is 10.6 Å². The van der Waals surface area contributed by atoms with Crippen LogP contribution in [0, 0.1) is 0 Å². The molecule has 116 valence electrons. The third-order valence-corrected chi connectivity index (χ3v) is 2.39. The predicted molar refractivity (Wildman–Crippen MR) is 68.2 cm³/mol. The molecule has 2 amide bonds. The van der Waals surface area contributed by atoms with Gasteiger partial charge in [-0.3, -0.25) is 4.79 Å². The minimum atomic E-state index is -4.90. The van der Waals surface area contributed by atoms with E-state index < -0.39 is 18.2 Å². The van der Waals surface area contributed by atoms with Crippen LogP contribution in [0.15, 0.2) is 24.3 Å². The Morgan fingerprint density at radius 2 is 1.86 bits per heavy atom. The molecule has 0 radical (unpaired) electrons. The molecular weight excluding hydrogens is 289 g/mol. The number of carbonyl (C=O) groups excluding carboxylic acids is 2. The maximum Gasteiger partial charge on any atom is 0.471 e. The Kier molecular flexibility index (Phi) is 6.01. The van der Waals surface area contributed by atoms with E-state index in [1.807, 2.05) is 0 Å². The molecule has 0 spiro atoms. The largest absolute Gasteiger partial charge is 0.471 e. The van der Waals surface area contributed by atoms with Crippen molar-refractivity contribution in [2.75, 3.05) is 6.54 Å². The smallest absolute Gasteiger partial charge is 0.445 e. The van der Waals surface area contributed by atoms with Crippen LogP contribution < -0.4 is 10.6 Å². The number of carbonyl (C=O) groups is 2. The highest BCUT2D eigenvalue weighted by atomic mass is 19.4. The standard InChI is InChI=1S/C13H15F3N2O3/c1-2-17-12(20)21-8-10-5-3-4-9(6-10)7-18-11(19)13(14,15)16/h3-6H,2,7-8H2,1H3,(H,17,20)(H,18,19). The summed E-state index contributed by atoms with van der Waals surface area (Å²) in [6.07, 6.45) is -5.48. The Morgan fingerprint density at radius 3 is 2.48 bits per heavy atom. The number of rotatable bonds is 5. The van der Waals surface area contributed by atoms with E-state index >= 15 is 0 Å². The van der Waals surface area contributed by atoms with Crippen LogP contribution in [-0.2, 0) is 22.7 Å². The lowest BCUT2D eigenvalue weighted by Gasteiger charge is -2.09. The molecular formula is C13H15F3N2O3. The van der Waals surface area contributed by atoms with Crippen molar-refractivity contribution in [3.63, 3.8) is 0 Å². The van der Waals surface area contributed by atoms with Gasteiger partial charge in [0.05, 0.1) is 0 Å². The van der Waals surface area contributed by atoms with Crippen LogP contribution in [0.1, 0.15) is 18.1 Å². The number of alkyl carbamates (subject to hydrolysis) is 1. The first-order chi connectivity index (χ1) is 9.82. The SMILES string of the molecule is CCNC(=O)OCc1cccc(CNC(=O)C(F)(F)F)c1. The second-order valence-electron chi connectivity index (χ2n) is 4.11. The van der Waals surface area contributed by atoms with Gasteiger partial charge in [-0.25, -0.2) is 4.79 Å². The summed E-state index contributed by atoms with van der Waals surface area (Å²) in [5.74, 6) is -1.99. The third kappa shape index (κ3) is 6.15. The number of amides is 2. The van der Waals surface area contributed by atoms with Gasteiger partial charge in [0.2, 0.25) is 0 Å². The predicted octanol–water partition coefficient (Wildman–Crippen LogP) is 2.11. The molecule has 0 fully saturated rings. The van der Waals surface area contributed by atoms with Crippen LogP contribution in [0.25, 0.3) is 0 Å². The molecule has 1 aromatic rings. The molecule has 0 saturated carbocycles. The van der Waals surface area contributed by atoms with Crippen LogP contribution >= 0.6 is 0 Å². The number of ether oxygens (including phenoxy) is 1. The lowest BCUT2D eigenvalue weighted by atomic mass is 10.1. The number of benzene rings is 1. The molecule has 1 aromatic carbocycles. The second kappa shape index (κ2) is 7.51. The molecule has 0 aromatic heterocycles. The summed E-state index contributed by atoms with van der Waals surface area (Å²) in [7, 11) is 0. The van der Waals surface area contributed by atoms with Crippen LogP contribution in [0.3, 0.4) is 0 Å². The van der Waals surface area contributed by atoms with E-state index in [9.17, 15) is 22.8 Å². The molecule has 8 heteroatoms. The van der Waals surface area contributed by atoms with Crippen LogP contribution in [-0.4, -0.2) is 24.7 Å². The zero-order valence-corrected chi connectivity index (χ0v) is 11.3. The first kappa shape index (κ1) is 16.8. The quantitative estimate of drug-likeness (QED) is 0.875. The van der Waals surface area contributed by atoms with E-state index in [-0.39, 0.29) is 13.2 Å². The van der Waals surface area contributed by atoms with Gasteiger partial charge < -0.3 is 15.4 Å². The van der Waals surface area contributed by atoms with E-state index in [0.717, 1.165) is 0 Å². The van der Waals surface area contributed by atoms with Gasteiger partial charge in [-0.1, -0.05) is 24.3 Å². The zero-order valence-electron chi connectivity index (χ0n) is 11.3. The lowest BCUT2D eigenvalue weighted by Crippen LogP contribution is -2.36. The number of nitrogens with one attached hydrogen (secondary N) is 2. The summed E-state index contributed by atoms with van der Waals surface area (Å²) in [4.78, 5) is 21.8. The normalized spacial score (nSPS) is 10.9. The van der Waals surface area contributed by atoms with E-state index in [2.05, 4.69) is 5.32 Å². The van der Waals surface area contributed by atoms with Gasteiger partial charge in [-0.2, -0.15) is 13.2 Å². The van der Waals surface area contributed by atoms with Gasteiger partial charge >= 0.3 is 18.2 Å². The Morgan fingerprint density at radius 1 is 1.19 bits per heavy atom. The Hall–Kier alpha value is -2.25. The van der Waals surface area contributed by atoms with Crippen LogP contribution in [0.4, 0.5) is 18.0 Å². The minimum absolute atomic E-state index is 0.00705. The zero-order chi connectivity index (χ0) is 15.9. The first-order valence-corrected chi connectivity index (χ1v) is 6.16. The topological polar surface area (TPSA) is 67.4 Å². The van der Waals surface area contributed by atoms with E-state index in [4.69, 9.17) is 4.74 Å². The van der Waals surface area contributed by atoms with Crippen molar-refractivity contribution in [2.45, 2.75) is 26.3 Å². The molecule has 5 nitrogen and oxygen atoms in total. The van der Waals surface area contributed by atoms with Crippen molar-refractivity contribution < 1.29 is 27.5 Å². The fraction of sp³-hybridized carbons (Fsp3) is 0.385. The van der Waals surface area contributed by atoms with Gasteiger partial charge in [-0.05, 0) is 18.1 Å². The van der Waals surface area contributed by atoms with Crippen molar-refractivity contribution in [3.05, 3.63) is 35.4 Å². The molecule has 21 heavy (non-hydrogen) atoms. The highest BCUT2D eigenvalue weighted by Crippen LogP contribution is 2.14. The van der Waals surface area contributed by atoms with Crippen LogP contribution in [0.2, 0.25) is 0 Å². The molecule has 0 saturated heterocycles. The average Bonchev–Trinajstić information content (AvgIpc) is 2.42. The Balaban J connectivity index is 2.53. The average molecular weight is 304 g/mol. The van der Waals surface area contributed by atoms with Gasteiger partial charge in [0.15, 0.2) is 0 Å². The summed E-state index contributed by atoms with van der Waals surface area (Å²) in [5, 5.41) is 4.21. The molecule has 1 rings (SSSR count). The van der Waals surface area contributed by atoms with Gasteiger partial charge in [0.25, 0.3) is 0 Å². The van der Waals surface area contributed by atoms with Crippen molar-refractivity contribution >= 4 is 12.0 Å². The van der Waals surface area contributed by atoms with Gasteiger partial charge in [0.1, 0.15) is 6.61 Å². The highest BCUT2D eigenvalue weighted by Gasteiger charge is 2.38. The minimum Gasteiger partial charge on any atom is -0.445 e. The molecule has 0 aliphatic carbocycles. The van der Waals surface area contributed by atoms with E-state index in [1.54, 1.807) is 36.5 Å². The lowest BCUT2D eigenvalue weighted by molar-refractivity contribution is -0.173. The summed E-state index contributed by atoms with van der Waals surface area (Å²) in [6.45, 7) is 1.91. The van der Waals surface area contributed by atoms with E-state index in [0.29, 0.717) is 17.7 Å². The summed E-state index contributed by atoms with van der Waals surface area (Å²) in [6, 6.07) is 6.38. The van der Waals surface area contributed by atoms with Gasteiger partial charge in [0, 0.05) is 13.1 Å². The van der Waals surface area contributed by atoms with Gasteiger partial charge in [-0.15, -0.1) is 0 Å². The monoisotopic (exact) mass is 304 g/mol. The van der Waals surface area contributed by atoms with Crippen LogP contribution in [0.5, 0.6) is 0 Å². The molecule has 0 heterocycles. The summed E-state index contributed by atoms with van der Waals surface area (Å²) < 4.78 is 41.0. The maximum absolute atomic E-state index is 12.0. The Bertz CT molecular complexity index is 504. The number of hydrogen-bond acceptors (Lipinski definition) is 3. The fourth-order valence-corrected chi connectivity index (χ4v) is 1.46. The molecule has 0 aliphatic rings. The number of alkyl halides is 3. The molecule has 0 bridgehead atoms. The number of hydrogen-bond donors (Lipinski definition) is 2. The van der Waals surface area contributed by atoms with Crippen molar-refractivity contribution in [2.24, 2.45) is 0 Å². The fourth-order valence-electron chi connectivity index (χ4n) is 1.46. The summed E-state index contributed by atoms with van der Waals surface area (Å²) >= 11 is 0. The second-order valence-corrected chi connectivity index (χ2v) is 4.11. The van der Waals surface area contributed by atoms with E-state index in [1.165, 1.54) is 0 Å². The van der Waals surface area contributed by atoms with Crippen molar-refractivity contribution in [3.8, 4) is 0 Å². The third-order valence-electron chi connectivity index (χ3n) is 2.39. The Labute approximate surface area is 119 Å². The maximum atomic E-state index is 12.0. The molecule has 0 aliphatic heterocycles. The molecule has 2 N–H and O–H groups in total. The first-order valence-electron chi connectivity index (χ1n) is 6.16. The molecule has 0 unspecified atom stereocenters. The highest BCUT2D eigenvalue weighted by molar-refractivity contribution is 5.81. The number of halogens is 3. The summed E-state index contributed by atoms with van der Waals surface area (Å²) in [5.41, 5.74) is 1.09. The van der Waals surface area contributed by atoms with Crippen molar-refractivity contribution in [1.29, 1.82) is 0 Å². The molecule has 0 atom stereocenters.